The van der Waals surface area contributed by atoms with Crippen LogP contribution >= 0.6 is 0 Å². The van der Waals surface area contributed by atoms with Gasteiger partial charge < -0.3 is 4.57 Å². The molecule has 0 atom stereocenters. The molecule has 0 aliphatic heterocycles. The minimum Gasteiger partial charge on any atom is -0.309 e. The van der Waals surface area contributed by atoms with Crippen molar-refractivity contribution < 1.29 is 0 Å². The lowest BCUT2D eigenvalue weighted by Gasteiger charge is -2.12. The van der Waals surface area contributed by atoms with Crippen molar-refractivity contribution >= 4 is 54.3 Å². The van der Waals surface area contributed by atoms with Gasteiger partial charge in [0.15, 0.2) is 5.82 Å². The molecule has 0 saturated heterocycles. The Bertz CT molecular complexity index is 3560. The van der Waals surface area contributed by atoms with Crippen LogP contribution in [0.1, 0.15) is 0 Å². The van der Waals surface area contributed by atoms with Gasteiger partial charge in [0.2, 0.25) is 0 Å². The fraction of sp³-hybridized carbons (Fsp3) is 0. The highest BCUT2D eigenvalue weighted by molar-refractivity contribution is 6.28. The molecule has 0 radical (unpaired) electrons. The maximum Gasteiger partial charge on any atom is 0.160 e. The van der Waals surface area contributed by atoms with E-state index in [0.717, 1.165) is 83.5 Å². The van der Waals surface area contributed by atoms with Crippen LogP contribution in [0.2, 0.25) is 0 Å². The fourth-order valence-electron chi connectivity index (χ4n) is 9.05. The Morgan fingerprint density at radius 2 is 0.885 bits per heavy atom. The Labute approximate surface area is 352 Å². The summed E-state index contributed by atoms with van der Waals surface area (Å²) >= 11 is 0. The first-order valence-electron chi connectivity index (χ1n) is 20.7. The highest BCUT2D eigenvalue weighted by Crippen LogP contribution is 2.44. The second-order valence-corrected chi connectivity index (χ2v) is 15.6. The molecule has 3 aromatic heterocycles. The minimum atomic E-state index is 0.709. The number of aromatic nitrogens is 4. The number of fused-ring (bicyclic) bond motifs is 8. The lowest BCUT2D eigenvalue weighted by molar-refractivity contribution is 1.18. The summed E-state index contributed by atoms with van der Waals surface area (Å²) in [5.74, 6) is 0.709. The minimum absolute atomic E-state index is 0.709. The van der Waals surface area contributed by atoms with Crippen molar-refractivity contribution in [2.24, 2.45) is 0 Å². The summed E-state index contributed by atoms with van der Waals surface area (Å²) in [5.41, 5.74) is 13.7. The highest BCUT2D eigenvalue weighted by Gasteiger charge is 2.21. The molecule has 0 spiro atoms. The standard InChI is InChI=1S/C57H36N4/c1-5-15-38(16-6-1)50-36-51(60-57(59-50)40-19-9-3-10-20-40)43-28-26-37-25-27-41(33-44(37)34-43)42-29-30-48-53(35-42)61(45-21-11-4-12-22-45)52-32-31-47-46-23-13-14-24-49(46)58-56(55(47)54(48)52)39-17-7-2-8-18-39/h1-36H. The lowest BCUT2D eigenvalue weighted by atomic mass is 9.95. The quantitative estimate of drug-likeness (QED) is 0.158. The largest absolute Gasteiger partial charge is 0.309 e. The van der Waals surface area contributed by atoms with Crippen LogP contribution in [-0.2, 0) is 0 Å². The Balaban J connectivity index is 1.05. The van der Waals surface area contributed by atoms with E-state index in [4.69, 9.17) is 15.0 Å². The highest BCUT2D eigenvalue weighted by atomic mass is 15.0. The molecule has 4 heteroatoms. The number of benzene rings is 9. The van der Waals surface area contributed by atoms with Gasteiger partial charge in [-0.05, 0) is 75.8 Å². The van der Waals surface area contributed by atoms with E-state index in [1.165, 1.54) is 26.9 Å². The molecule has 12 aromatic rings. The summed E-state index contributed by atoms with van der Waals surface area (Å²) in [7, 11) is 0. The van der Waals surface area contributed by atoms with Crippen molar-refractivity contribution in [1.29, 1.82) is 0 Å². The first-order valence-corrected chi connectivity index (χ1v) is 20.7. The number of para-hydroxylation sites is 2. The van der Waals surface area contributed by atoms with Gasteiger partial charge in [-0.25, -0.2) is 15.0 Å². The van der Waals surface area contributed by atoms with Crippen LogP contribution in [0, 0.1) is 0 Å². The Morgan fingerprint density at radius 3 is 1.64 bits per heavy atom. The van der Waals surface area contributed by atoms with Crippen molar-refractivity contribution in [1.82, 2.24) is 19.5 Å². The molecule has 4 nitrogen and oxygen atoms in total. The zero-order valence-electron chi connectivity index (χ0n) is 33.1. The molecule has 12 rings (SSSR count). The molecule has 0 fully saturated rings. The van der Waals surface area contributed by atoms with Gasteiger partial charge in [0.25, 0.3) is 0 Å². The van der Waals surface area contributed by atoms with Crippen LogP contribution in [0.3, 0.4) is 0 Å². The van der Waals surface area contributed by atoms with Gasteiger partial charge >= 0.3 is 0 Å². The summed E-state index contributed by atoms with van der Waals surface area (Å²) < 4.78 is 2.42. The third-order valence-corrected chi connectivity index (χ3v) is 12.0. The van der Waals surface area contributed by atoms with E-state index in [9.17, 15) is 0 Å². The molecule has 0 N–H and O–H groups in total. The predicted octanol–water partition coefficient (Wildman–Crippen LogP) is 14.8. The van der Waals surface area contributed by atoms with Crippen molar-refractivity contribution in [3.8, 4) is 62.0 Å². The Hall–Kier alpha value is -8.21. The molecule has 3 heterocycles. The molecule has 0 bridgehead atoms. The first-order chi connectivity index (χ1) is 30.2. The van der Waals surface area contributed by atoms with Gasteiger partial charge in [0, 0.05) is 49.5 Å². The number of pyridine rings is 1. The second kappa shape index (κ2) is 14.3. The third kappa shape index (κ3) is 5.96. The predicted molar refractivity (Wildman–Crippen MR) is 254 cm³/mol. The van der Waals surface area contributed by atoms with Crippen molar-refractivity contribution in [3.63, 3.8) is 0 Å². The van der Waals surface area contributed by atoms with Gasteiger partial charge in [-0.3, -0.25) is 0 Å². The summed E-state index contributed by atoms with van der Waals surface area (Å²) in [6.07, 6.45) is 0. The van der Waals surface area contributed by atoms with Crippen LogP contribution < -0.4 is 0 Å². The average molecular weight is 777 g/mol. The molecule has 0 unspecified atom stereocenters. The van der Waals surface area contributed by atoms with Crippen LogP contribution in [-0.4, -0.2) is 19.5 Å². The van der Waals surface area contributed by atoms with Gasteiger partial charge in [0.1, 0.15) is 0 Å². The number of nitrogens with zero attached hydrogens (tertiary/aromatic N) is 4. The van der Waals surface area contributed by atoms with E-state index in [2.05, 4.69) is 199 Å². The van der Waals surface area contributed by atoms with Crippen molar-refractivity contribution in [2.45, 2.75) is 0 Å². The Kier molecular flexibility index (Phi) is 8.13. The molecule has 0 saturated carbocycles. The zero-order chi connectivity index (χ0) is 40.3. The van der Waals surface area contributed by atoms with Gasteiger partial charge in [-0.15, -0.1) is 0 Å². The van der Waals surface area contributed by atoms with Crippen molar-refractivity contribution in [3.05, 3.63) is 218 Å². The first kappa shape index (κ1) is 34.8. The third-order valence-electron chi connectivity index (χ3n) is 12.0. The normalized spacial score (nSPS) is 11.6. The topological polar surface area (TPSA) is 43.6 Å². The zero-order valence-corrected chi connectivity index (χ0v) is 33.1. The van der Waals surface area contributed by atoms with E-state index >= 15 is 0 Å². The SMILES string of the molecule is c1ccc(-c2cc(-c3ccc4ccc(-c5ccc6c7c8c(-c9ccccc9)nc9ccccc9c8ccc7n(-c7ccccc7)c6c5)cc4c3)nc(-c3ccccc3)n2)cc1. The molecule has 61 heavy (non-hydrogen) atoms. The molecule has 0 aliphatic carbocycles. The maximum atomic E-state index is 5.36. The van der Waals surface area contributed by atoms with E-state index in [1.807, 2.05) is 24.3 Å². The van der Waals surface area contributed by atoms with Crippen molar-refractivity contribution in [2.75, 3.05) is 0 Å². The lowest BCUT2D eigenvalue weighted by Crippen LogP contribution is -1.95. The maximum absolute atomic E-state index is 5.36. The summed E-state index contributed by atoms with van der Waals surface area (Å²) in [4.78, 5) is 15.5. The fourth-order valence-corrected chi connectivity index (χ4v) is 9.05. The molecule has 0 amide bonds. The Morgan fingerprint density at radius 1 is 0.311 bits per heavy atom. The number of hydrogen-bond donors (Lipinski definition) is 0. The van der Waals surface area contributed by atoms with E-state index in [-0.39, 0.29) is 0 Å². The van der Waals surface area contributed by atoms with Crippen LogP contribution in [0.5, 0.6) is 0 Å². The van der Waals surface area contributed by atoms with E-state index < -0.39 is 0 Å². The average Bonchev–Trinajstić information content (AvgIpc) is 3.68. The molecule has 284 valence electrons. The summed E-state index contributed by atoms with van der Waals surface area (Å²) in [5, 5.41) is 8.25. The molecule has 9 aromatic carbocycles. The molecule has 0 aliphatic rings. The summed E-state index contributed by atoms with van der Waals surface area (Å²) in [6, 6.07) is 77.4. The van der Waals surface area contributed by atoms with Crippen LogP contribution in [0.4, 0.5) is 0 Å². The van der Waals surface area contributed by atoms with Gasteiger partial charge in [-0.2, -0.15) is 0 Å². The van der Waals surface area contributed by atoms with Crippen LogP contribution in [0.15, 0.2) is 218 Å². The smallest absolute Gasteiger partial charge is 0.160 e. The van der Waals surface area contributed by atoms with Gasteiger partial charge in [0.05, 0.1) is 33.6 Å². The number of hydrogen-bond acceptors (Lipinski definition) is 3. The molecular formula is C57H36N4. The monoisotopic (exact) mass is 776 g/mol. The van der Waals surface area contributed by atoms with Crippen LogP contribution in [0.25, 0.3) is 116 Å². The molecular weight excluding hydrogens is 741 g/mol. The van der Waals surface area contributed by atoms with Gasteiger partial charge in [-0.1, -0.05) is 170 Å². The van der Waals surface area contributed by atoms with E-state index in [1.54, 1.807) is 0 Å². The summed E-state index contributed by atoms with van der Waals surface area (Å²) in [6.45, 7) is 0. The number of rotatable bonds is 6. The van der Waals surface area contributed by atoms with E-state index in [0.29, 0.717) is 5.82 Å². The second-order valence-electron chi connectivity index (χ2n) is 15.6.